The van der Waals surface area contributed by atoms with Crippen molar-refractivity contribution in [1.29, 1.82) is 0 Å². The number of carbonyl (C=O) groups is 1. The van der Waals surface area contributed by atoms with Crippen LogP contribution >= 0.6 is 23.2 Å². The number of aliphatic carboxylic acids is 1. The van der Waals surface area contributed by atoms with Gasteiger partial charge in [-0.1, -0.05) is 66.5 Å². The van der Waals surface area contributed by atoms with Gasteiger partial charge in [0.05, 0.1) is 5.92 Å². The molecule has 0 fully saturated rings. The molecule has 0 heterocycles. The molecule has 31 heavy (non-hydrogen) atoms. The molecule has 0 radical (unpaired) electrons. The Morgan fingerprint density at radius 2 is 1.58 bits per heavy atom. The van der Waals surface area contributed by atoms with Crippen molar-refractivity contribution >= 4 is 34.7 Å². The van der Waals surface area contributed by atoms with E-state index in [2.05, 4.69) is 12.1 Å². The zero-order chi connectivity index (χ0) is 22.4. The molecule has 0 saturated carbocycles. The summed E-state index contributed by atoms with van der Waals surface area (Å²) in [5.41, 5.74) is 5.24. The maximum Gasteiger partial charge on any atom is 0.306 e. The van der Waals surface area contributed by atoms with Gasteiger partial charge in [-0.3, -0.25) is 4.79 Å². The second-order valence-corrected chi connectivity index (χ2v) is 8.39. The van der Waals surface area contributed by atoms with Crippen molar-refractivity contribution in [3.63, 3.8) is 0 Å². The number of benzene rings is 3. The maximum absolute atomic E-state index is 11.0. The van der Waals surface area contributed by atoms with E-state index in [0.29, 0.717) is 23.1 Å². The highest BCUT2D eigenvalue weighted by Crippen LogP contribution is 2.28. The zero-order valence-corrected chi connectivity index (χ0v) is 19.0. The van der Waals surface area contributed by atoms with Gasteiger partial charge in [-0.15, -0.1) is 0 Å². The minimum absolute atomic E-state index is 0.403. The van der Waals surface area contributed by atoms with Gasteiger partial charge in [0.15, 0.2) is 0 Å². The first-order valence-electron chi connectivity index (χ1n) is 10.00. The fraction of sp³-hybridized carbons (Fsp3) is 0.192. The van der Waals surface area contributed by atoms with E-state index in [9.17, 15) is 4.79 Å². The van der Waals surface area contributed by atoms with Gasteiger partial charge in [0, 0.05) is 10.0 Å². The third-order valence-corrected chi connectivity index (χ3v) is 5.50. The molecular weight excluding hydrogens is 431 g/mol. The lowest BCUT2D eigenvalue weighted by atomic mass is 10.0. The van der Waals surface area contributed by atoms with Gasteiger partial charge in [0.1, 0.15) is 12.4 Å². The minimum atomic E-state index is -0.787. The number of carboxylic acids is 1. The zero-order valence-electron chi connectivity index (χ0n) is 17.4. The monoisotopic (exact) mass is 454 g/mol. The average molecular weight is 455 g/mol. The van der Waals surface area contributed by atoms with Crippen LogP contribution in [0.25, 0.3) is 16.7 Å². The first kappa shape index (κ1) is 22.9. The summed E-state index contributed by atoms with van der Waals surface area (Å²) in [5, 5.41) is 10.2. The van der Waals surface area contributed by atoms with Crippen molar-refractivity contribution in [3.8, 4) is 16.9 Å². The van der Waals surface area contributed by atoms with Crippen LogP contribution in [0.4, 0.5) is 0 Å². The summed E-state index contributed by atoms with van der Waals surface area (Å²) in [6.45, 7) is 4.20. The standard InChI is InChI=1S/C26H24Cl2O3/c1-17(11-12-31-25-9-3-19(4-10-25)13-18(2)26(29)30)20-5-7-21(8-6-20)22-14-23(27)16-24(28)15-22/h3-11,14-16,18H,12-13H2,1-2H3,(H,29,30)/b17-11+. The Hall–Kier alpha value is -2.75. The Kier molecular flexibility index (Phi) is 7.78. The van der Waals surface area contributed by atoms with E-state index in [1.807, 2.05) is 61.5 Å². The van der Waals surface area contributed by atoms with Gasteiger partial charge < -0.3 is 9.84 Å². The van der Waals surface area contributed by atoms with E-state index in [4.69, 9.17) is 33.0 Å². The molecule has 0 amide bonds. The van der Waals surface area contributed by atoms with Crippen molar-refractivity contribution in [1.82, 2.24) is 0 Å². The molecule has 3 rings (SSSR count). The molecule has 0 aromatic heterocycles. The molecule has 3 aromatic rings. The molecule has 3 nitrogen and oxygen atoms in total. The van der Waals surface area contributed by atoms with Crippen LogP contribution in [-0.2, 0) is 11.2 Å². The minimum Gasteiger partial charge on any atom is -0.490 e. The highest BCUT2D eigenvalue weighted by Gasteiger charge is 2.11. The van der Waals surface area contributed by atoms with Crippen LogP contribution in [0.5, 0.6) is 5.75 Å². The van der Waals surface area contributed by atoms with E-state index >= 15 is 0 Å². The molecule has 0 saturated heterocycles. The average Bonchev–Trinajstić information content (AvgIpc) is 2.74. The first-order valence-corrected chi connectivity index (χ1v) is 10.8. The fourth-order valence-electron chi connectivity index (χ4n) is 3.19. The summed E-state index contributed by atoms with van der Waals surface area (Å²) in [5.74, 6) is -0.436. The predicted octanol–water partition coefficient (Wildman–Crippen LogP) is 7.41. The van der Waals surface area contributed by atoms with Crippen molar-refractivity contribution < 1.29 is 14.6 Å². The second-order valence-electron chi connectivity index (χ2n) is 7.52. The van der Waals surface area contributed by atoms with Crippen LogP contribution in [0, 0.1) is 5.92 Å². The quantitative estimate of drug-likeness (QED) is 0.385. The lowest BCUT2D eigenvalue weighted by Crippen LogP contribution is -2.12. The van der Waals surface area contributed by atoms with Crippen molar-refractivity contribution in [3.05, 3.63) is 94.0 Å². The van der Waals surface area contributed by atoms with Gasteiger partial charge >= 0.3 is 5.97 Å². The number of hydrogen-bond donors (Lipinski definition) is 1. The van der Waals surface area contributed by atoms with E-state index in [-0.39, 0.29) is 0 Å². The molecule has 0 aliphatic heterocycles. The molecule has 1 atom stereocenters. The van der Waals surface area contributed by atoms with Crippen LogP contribution in [0.1, 0.15) is 25.0 Å². The fourth-order valence-corrected chi connectivity index (χ4v) is 3.72. The van der Waals surface area contributed by atoms with Crippen LogP contribution in [0.2, 0.25) is 10.0 Å². The molecule has 0 bridgehead atoms. The number of ether oxygens (including phenoxy) is 1. The highest BCUT2D eigenvalue weighted by atomic mass is 35.5. The number of carboxylic acid groups (broad SMARTS) is 1. The number of halogens is 2. The van der Waals surface area contributed by atoms with Gasteiger partial charge in [-0.25, -0.2) is 0 Å². The molecule has 0 spiro atoms. The third-order valence-electron chi connectivity index (χ3n) is 5.06. The first-order chi connectivity index (χ1) is 14.8. The molecule has 0 aliphatic rings. The summed E-state index contributed by atoms with van der Waals surface area (Å²) < 4.78 is 5.80. The lowest BCUT2D eigenvalue weighted by molar-refractivity contribution is -0.141. The Balaban J connectivity index is 1.58. The molecule has 3 aromatic carbocycles. The summed E-state index contributed by atoms with van der Waals surface area (Å²) in [4.78, 5) is 11.0. The van der Waals surface area contributed by atoms with Gasteiger partial charge in [-0.2, -0.15) is 0 Å². The van der Waals surface area contributed by atoms with Crippen LogP contribution in [0.3, 0.4) is 0 Å². The number of hydrogen-bond acceptors (Lipinski definition) is 2. The Labute approximate surface area is 192 Å². The largest absolute Gasteiger partial charge is 0.490 e. The smallest absolute Gasteiger partial charge is 0.306 e. The maximum atomic E-state index is 11.0. The Morgan fingerprint density at radius 3 is 2.16 bits per heavy atom. The van der Waals surface area contributed by atoms with Crippen molar-refractivity contribution in [2.24, 2.45) is 5.92 Å². The van der Waals surface area contributed by atoms with E-state index in [1.54, 1.807) is 13.0 Å². The van der Waals surface area contributed by atoms with Crippen LogP contribution in [0.15, 0.2) is 72.8 Å². The van der Waals surface area contributed by atoms with E-state index in [0.717, 1.165) is 33.6 Å². The molecule has 5 heteroatoms. The van der Waals surface area contributed by atoms with E-state index in [1.165, 1.54) is 0 Å². The summed E-state index contributed by atoms with van der Waals surface area (Å²) in [6.07, 6.45) is 2.54. The predicted molar refractivity (Wildman–Crippen MR) is 128 cm³/mol. The van der Waals surface area contributed by atoms with Gasteiger partial charge in [-0.05, 0) is 77.6 Å². The summed E-state index contributed by atoms with van der Waals surface area (Å²) >= 11 is 12.2. The molecule has 0 aliphatic carbocycles. The summed E-state index contributed by atoms with van der Waals surface area (Å²) in [7, 11) is 0. The third kappa shape index (κ3) is 6.61. The van der Waals surface area contributed by atoms with Crippen molar-refractivity contribution in [2.75, 3.05) is 6.61 Å². The second kappa shape index (κ2) is 10.5. The van der Waals surface area contributed by atoms with Crippen molar-refractivity contribution in [2.45, 2.75) is 20.3 Å². The van der Waals surface area contributed by atoms with Crippen LogP contribution in [-0.4, -0.2) is 17.7 Å². The normalized spacial score (nSPS) is 12.5. The summed E-state index contributed by atoms with van der Waals surface area (Å²) in [6, 6.07) is 21.3. The Bertz CT molecular complexity index is 1050. The topological polar surface area (TPSA) is 46.5 Å². The van der Waals surface area contributed by atoms with Gasteiger partial charge in [0.2, 0.25) is 0 Å². The Morgan fingerprint density at radius 1 is 0.968 bits per heavy atom. The SMILES string of the molecule is C/C(=C\COc1ccc(CC(C)C(=O)O)cc1)c1ccc(-c2cc(Cl)cc(Cl)c2)cc1. The van der Waals surface area contributed by atoms with Crippen LogP contribution < -0.4 is 4.74 Å². The highest BCUT2D eigenvalue weighted by molar-refractivity contribution is 6.35. The lowest BCUT2D eigenvalue weighted by Gasteiger charge is -2.09. The molecular formula is C26H24Cl2O3. The number of allylic oxidation sites excluding steroid dienone is 1. The molecule has 1 N–H and O–H groups in total. The molecule has 1 unspecified atom stereocenters. The van der Waals surface area contributed by atoms with Gasteiger partial charge in [0.25, 0.3) is 0 Å². The molecule has 160 valence electrons. The van der Waals surface area contributed by atoms with E-state index < -0.39 is 11.9 Å². The number of rotatable bonds is 8.